The molecule has 28 heavy (non-hydrogen) atoms. The van der Waals surface area contributed by atoms with E-state index >= 15 is 0 Å². The Morgan fingerprint density at radius 2 is 1.54 bits per heavy atom. The minimum absolute atomic E-state index is 0.0586. The van der Waals surface area contributed by atoms with Crippen molar-refractivity contribution in [3.05, 3.63) is 99.6 Å². The van der Waals surface area contributed by atoms with Crippen LogP contribution in [0.4, 0.5) is 0 Å². The Labute approximate surface area is 169 Å². The highest BCUT2D eigenvalue weighted by Crippen LogP contribution is 2.23. The largest absolute Gasteiger partial charge is 0.506 e. The van der Waals surface area contributed by atoms with Gasteiger partial charge in [-0.25, -0.2) is 0 Å². The van der Waals surface area contributed by atoms with Crippen LogP contribution in [0.3, 0.4) is 0 Å². The lowest BCUT2D eigenvalue weighted by Crippen LogP contribution is -2.10. The molecule has 0 radical (unpaired) electrons. The van der Waals surface area contributed by atoms with E-state index < -0.39 is 5.91 Å². The van der Waals surface area contributed by atoms with Gasteiger partial charge in [-0.15, -0.1) is 0 Å². The van der Waals surface area contributed by atoms with Gasteiger partial charge in [0.1, 0.15) is 5.75 Å². The molecule has 140 valence electrons. The van der Waals surface area contributed by atoms with Crippen LogP contribution in [-0.4, -0.2) is 17.2 Å². The summed E-state index contributed by atoms with van der Waals surface area (Å²) in [5.74, 6) is 5.60. The van der Waals surface area contributed by atoms with Crippen molar-refractivity contribution < 1.29 is 9.90 Å². The van der Waals surface area contributed by atoms with Gasteiger partial charge in [-0.1, -0.05) is 53.3 Å². The van der Waals surface area contributed by atoms with Crippen molar-refractivity contribution in [2.75, 3.05) is 0 Å². The molecule has 3 rings (SSSR count). The summed E-state index contributed by atoms with van der Waals surface area (Å²) in [6.45, 7) is 2.06. The maximum Gasteiger partial charge on any atom is 0.248 e. The number of carbonyl (C=O) groups excluding carboxylic acids is 1. The van der Waals surface area contributed by atoms with Crippen LogP contribution in [0.25, 0.3) is 0 Å². The average molecular weight is 391 g/mol. The van der Waals surface area contributed by atoms with Crippen LogP contribution >= 0.6 is 11.6 Å². The minimum atomic E-state index is -0.563. The van der Waals surface area contributed by atoms with E-state index in [9.17, 15) is 4.79 Å². The molecule has 1 amide bonds. The molecule has 5 heteroatoms. The van der Waals surface area contributed by atoms with E-state index in [4.69, 9.17) is 27.9 Å². The minimum Gasteiger partial charge on any atom is -0.506 e. The number of benzene rings is 3. The number of rotatable bonds is 2. The third kappa shape index (κ3) is 6.31. The second-order valence-corrected chi connectivity index (χ2v) is 6.32. The van der Waals surface area contributed by atoms with Gasteiger partial charge in [-0.2, -0.15) is 0 Å². The monoisotopic (exact) mass is 390 g/mol. The molecule has 0 heterocycles. The second-order valence-electron chi connectivity index (χ2n) is 5.91. The average Bonchev–Trinajstić information content (AvgIpc) is 2.70. The Hall–Kier alpha value is -3.55. The lowest BCUT2D eigenvalue weighted by Gasteiger charge is -1.97. The quantitative estimate of drug-likeness (QED) is 0.443. The SMILES string of the molecule is Cc1ccc(C#Cc2ccc(C=N)cc2)cc1.NC(=O)c1ccc(O)c(Cl)c1. The smallest absolute Gasteiger partial charge is 0.248 e. The highest BCUT2D eigenvalue weighted by molar-refractivity contribution is 6.32. The predicted octanol–water partition coefficient (Wildman–Crippen LogP) is 4.54. The van der Waals surface area contributed by atoms with Crippen molar-refractivity contribution in [2.45, 2.75) is 6.92 Å². The van der Waals surface area contributed by atoms with Gasteiger partial charge in [-0.05, 0) is 55.0 Å². The summed E-state index contributed by atoms with van der Waals surface area (Å²) in [6.07, 6.45) is 1.33. The highest BCUT2D eigenvalue weighted by atomic mass is 35.5. The zero-order valence-electron chi connectivity index (χ0n) is 15.2. The number of phenols is 1. The van der Waals surface area contributed by atoms with Crippen molar-refractivity contribution in [3.63, 3.8) is 0 Å². The topological polar surface area (TPSA) is 87.2 Å². The molecule has 0 aliphatic heterocycles. The van der Waals surface area contributed by atoms with Crippen LogP contribution in [0.5, 0.6) is 5.75 Å². The molecule has 0 saturated carbocycles. The normalized spacial score (nSPS) is 9.36. The Bertz CT molecular complexity index is 1030. The number of carbonyl (C=O) groups is 1. The standard InChI is InChI=1S/C16H13N.C7H6ClNO2/c1-13-2-4-14(5-3-13)6-7-15-8-10-16(12-17)11-9-15;8-5-3-4(7(9)11)1-2-6(5)10/h2-5,8-12,17H,1H3;1-3,10H,(H2,9,11). The van der Waals surface area contributed by atoms with Crippen molar-refractivity contribution in [1.29, 1.82) is 5.41 Å². The summed E-state index contributed by atoms with van der Waals surface area (Å²) in [4.78, 5) is 10.5. The first-order valence-corrected chi connectivity index (χ1v) is 8.74. The summed E-state index contributed by atoms with van der Waals surface area (Å²) >= 11 is 5.50. The van der Waals surface area contributed by atoms with Crippen LogP contribution < -0.4 is 5.73 Å². The molecule has 0 aromatic heterocycles. The summed E-state index contributed by atoms with van der Waals surface area (Å²) in [5.41, 5.74) is 9.36. The van der Waals surface area contributed by atoms with Crippen LogP contribution in [0.15, 0.2) is 66.7 Å². The van der Waals surface area contributed by atoms with Crippen molar-refractivity contribution in [2.24, 2.45) is 5.73 Å². The fourth-order valence-corrected chi connectivity index (χ4v) is 2.28. The first kappa shape index (κ1) is 20.8. The number of hydrogen-bond acceptors (Lipinski definition) is 3. The number of aromatic hydroxyl groups is 1. The van der Waals surface area contributed by atoms with Gasteiger partial charge < -0.3 is 16.2 Å². The summed E-state index contributed by atoms with van der Waals surface area (Å²) in [7, 11) is 0. The molecular weight excluding hydrogens is 372 g/mol. The van der Waals surface area contributed by atoms with Crippen LogP contribution in [0.1, 0.15) is 32.6 Å². The lowest BCUT2D eigenvalue weighted by atomic mass is 10.1. The van der Waals surface area contributed by atoms with Crippen LogP contribution in [-0.2, 0) is 0 Å². The van der Waals surface area contributed by atoms with E-state index in [0.29, 0.717) is 0 Å². The number of primary amides is 1. The third-order valence-corrected chi connectivity index (χ3v) is 4.02. The van der Waals surface area contributed by atoms with Gasteiger partial charge in [-0.3, -0.25) is 4.79 Å². The molecule has 0 fully saturated rings. The molecule has 4 N–H and O–H groups in total. The number of aryl methyl sites for hydroxylation is 1. The molecule has 3 aromatic rings. The predicted molar refractivity (Wildman–Crippen MR) is 113 cm³/mol. The Balaban J connectivity index is 0.000000221. The van der Waals surface area contributed by atoms with E-state index in [-0.39, 0.29) is 16.3 Å². The number of halogens is 1. The maximum absolute atomic E-state index is 10.5. The molecule has 0 bridgehead atoms. The van der Waals surface area contributed by atoms with Gasteiger partial charge in [0, 0.05) is 22.9 Å². The van der Waals surface area contributed by atoms with Gasteiger partial charge >= 0.3 is 0 Å². The molecular formula is C23H19ClN2O2. The third-order valence-electron chi connectivity index (χ3n) is 3.71. The fourth-order valence-electron chi connectivity index (χ4n) is 2.10. The number of phenolic OH excluding ortho intramolecular Hbond substituents is 1. The summed E-state index contributed by atoms with van der Waals surface area (Å²) in [6, 6.07) is 19.9. The van der Waals surface area contributed by atoms with E-state index in [0.717, 1.165) is 16.7 Å². The maximum atomic E-state index is 10.5. The summed E-state index contributed by atoms with van der Waals surface area (Å²) in [5, 5.41) is 16.2. The van der Waals surface area contributed by atoms with Gasteiger partial charge in [0.25, 0.3) is 0 Å². The number of nitrogens with one attached hydrogen (secondary N) is 1. The van der Waals surface area contributed by atoms with Crippen molar-refractivity contribution in [1.82, 2.24) is 0 Å². The van der Waals surface area contributed by atoms with E-state index in [1.807, 2.05) is 36.4 Å². The van der Waals surface area contributed by atoms with Crippen LogP contribution in [0.2, 0.25) is 5.02 Å². The Morgan fingerprint density at radius 1 is 1.00 bits per heavy atom. The van der Waals surface area contributed by atoms with Crippen LogP contribution in [0, 0.1) is 24.2 Å². The van der Waals surface area contributed by atoms with Gasteiger partial charge in [0.2, 0.25) is 5.91 Å². The molecule has 3 aromatic carbocycles. The molecule has 0 unspecified atom stereocenters. The van der Waals surface area contributed by atoms with Crippen molar-refractivity contribution in [3.8, 4) is 17.6 Å². The zero-order valence-corrected chi connectivity index (χ0v) is 16.0. The van der Waals surface area contributed by atoms with E-state index in [1.165, 1.54) is 30.0 Å². The number of amides is 1. The van der Waals surface area contributed by atoms with E-state index in [1.54, 1.807) is 0 Å². The number of nitrogens with two attached hydrogens (primary N) is 1. The number of hydrogen-bond donors (Lipinski definition) is 3. The molecule has 0 aliphatic carbocycles. The first-order chi connectivity index (χ1) is 13.4. The van der Waals surface area contributed by atoms with Gasteiger partial charge in [0.05, 0.1) is 5.02 Å². The Kier molecular flexibility index (Phi) is 7.38. The zero-order chi connectivity index (χ0) is 20.5. The molecule has 0 saturated heterocycles. The van der Waals surface area contributed by atoms with Crippen molar-refractivity contribution >= 4 is 23.7 Å². The fraction of sp³-hybridized carbons (Fsp3) is 0.0435. The molecule has 0 spiro atoms. The molecule has 0 aliphatic rings. The Morgan fingerprint density at radius 3 is 2.00 bits per heavy atom. The van der Waals surface area contributed by atoms with Gasteiger partial charge in [0.15, 0.2) is 0 Å². The second kappa shape index (κ2) is 9.96. The molecule has 4 nitrogen and oxygen atoms in total. The summed E-state index contributed by atoms with van der Waals surface area (Å²) < 4.78 is 0. The highest BCUT2D eigenvalue weighted by Gasteiger charge is 2.03. The lowest BCUT2D eigenvalue weighted by molar-refractivity contribution is 0.100. The van der Waals surface area contributed by atoms with E-state index in [2.05, 4.69) is 30.9 Å². The molecule has 0 atom stereocenters. The first-order valence-electron chi connectivity index (χ1n) is 8.36.